The second-order valence-corrected chi connectivity index (χ2v) is 7.07. The van der Waals surface area contributed by atoms with Gasteiger partial charge in [-0.25, -0.2) is 0 Å². The van der Waals surface area contributed by atoms with E-state index >= 15 is 0 Å². The summed E-state index contributed by atoms with van der Waals surface area (Å²) in [6.07, 6.45) is -2.08. The Kier molecular flexibility index (Phi) is 8.52. The van der Waals surface area contributed by atoms with E-state index in [1.54, 1.807) is 0 Å². The Labute approximate surface area is 166 Å². The van der Waals surface area contributed by atoms with Crippen LogP contribution in [-0.2, 0) is 12.7 Å². The highest BCUT2D eigenvalue weighted by Gasteiger charge is 2.29. The summed E-state index contributed by atoms with van der Waals surface area (Å²) >= 11 is 0. The molecule has 1 unspecified atom stereocenters. The number of nitrogens with one attached hydrogen (secondary N) is 1. The Morgan fingerprint density at radius 3 is 1.86 bits per heavy atom. The Morgan fingerprint density at radius 1 is 0.857 bits per heavy atom. The molecule has 0 saturated carbocycles. The van der Waals surface area contributed by atoms with Gasteiger partial charge in [-0.05, 0) is 61.3 Å². The summed E-state index contributed by atoms with van der Waals surface area (Å²) in [5, 5.41) is 3.62. The Balaban J connectivity index is 1.91. The van der Waals surface area contributed by atoms with Gasteiger partial charge in [0.05, 0.1) is 5.56 Å². The van der Waals surface area contributed by atoms with Crippen LogP contribution < -0.4 is 5.32 Å². The average molecular weight is 393 g/mol. The molecule has 0 radical (unpaired) electrons. The lowest BCUT2D eigenvalue weighted by molar-refractivity contribution is -0.137. The normalized spacial score (nSPS) is 13.1. The van der Waals surface area contributed by atoms with Crippen LogP contribution in [0.1, 0.15) is 44.7 Å². The number of hydrogen-bond acceptors (Lipinski definition) is 2. The van der Waals surface area contributed by atoms with Crippen LogP contribution in [0.15, 0.2) is 48.5 Å². The molecule has 0 spiro atoms. The lowest BCUT2D eigenvalue weighted by atomic mass is 10.0. The van der Waals surface area contributed by atoms with E-state index in [9.17, 15) is 13.2 Å². The molecule has 2 aromatic carbocycles. The SMILES string of the molecule is CCC(CCN(CC)CC)NCc1ccc(-c2ccc(C(F)(F)F)cc2)cc1. The van der Waals surface area contributed by atoms with Gasteiger partial charge in [0.2, 0.25) is 0 Å². The van der Waals surface area contributed by atoms with E-state index in [4.69, 9.17) is 0 Å². The number of alkyl halides is 3. The molecule has 0 aliphatic rings. The van der Waals surface area contributed by atoms with Crippen LogP contribution >= 0.6 is 0 Å². The topological polar surface area (TPSA) is 15.3 Å². The maximum absolute atomic E-state index is 12.7. The van der Waals surface area contributed by atoms with Gasteiger partial charge in [-0.15, -0.1) is 0 Å². The summed E-state index contributed by atoms with van der Waals surface area (Å²) in [7, 11) is 0. The number of benzene rings is 2. The van der Waals surface area contributed by atoms with Crippen molar-refractivity contribution in [1.82, 2.24) is 10.2 Å². The van der Waals surface area contributed by atoms with Crippen molar-refractivity contribution < 1.29 is 13.2 Å². The van der Waals surface area contributed by atoms with Gasteiger partial charge in [0.1, 0.15) is 0 Å². The molecule has 0 aliphatic carbocycles. The first-order valence-corrected chi connectivity index (χ1v) is 10.1. The summed E-state index contributed by atoms with van der Waals surface area (Å²) in [6, 6.07) is 13.8. The molecule has 154 valence electrons. The molecule has 5 heteroatoms. The molecule has 2 aromatic rings. The first-order valence-electron chi connectivity index (χ1n) is 10.1. The van der Waals surface area contributed by atoms with Gasteiger partial charge in [0, 0.05) is 12.6 Å². The van der Waals surface area contributed by atoms with E-state index in [1.807, 2.05) is 24.3 Å². The van der Waals surface area contributed by atoms with E-state index in [-0.39, 0.29) is 0 Å². The minimum Gasteiger partial charge on any atom is -0.310 e. The third-order valence-corrected chi connectivity index (χ3v) is 5.28. The van der Waals surface area contributed by atoms with Crippen molar-refractivity contribution in [3.05, 3.63) is 59.7 Å². The van der Waals surface area contributed by atoms with E-state index in [0.29, 0.717) is 6.04 Å². The molecule has 0 fully saturated rings. The van der Waals surface area contributed by atoms with Crippen LogP contribution in [0, 0.1) is 0 Å². The summed E-state index contributed by atoms with van der Waals surface area (Å²) in [5.41, 5.74) is 2.27. The maximum atomic E-state index is 12.7. The predicted molar refractivity (Wildman–Crippen MR) is 110 cm³/mol. The molecule has 1 N–H and O–H groups in total. The van der Waals surface area contributed by atoms with Gasteiger partial charge in [-0.2, -0.15) is 13.2 Å². The highest BCUT2D eigenvalue weighted by atomic mass is 19.4. The molecule has 1 atom stereocenters. The minimum absolute atomic E-state index is 0.482. The van der Waals surface area contributed by atoms with Crippen molar-refractivity contribution in [3.63, 3.8) is 0 Å². The van der Waals surface area contributed by atoms with Gasteiger partial charge < -0.3 is 10.2 Å². The van der Waals surface area contributed by atoms with E-state index in [0.717, 1.165) is 62.3 Å². The molecule has 0 heterocycles. The van der Waals surface area contributed by atoms with Crippen LogP contribution in [0.4, 0.5) is 13.2 Å². The summed E-state index contributed by atoms with van der Waals surface area (Å²) < 4.78 is 38.1. The van der Waals surface area contributed by atoms with Crippen molar-refractivity contribution >= 4 is 0 Å². The van der Waals surface area contributed by atoms with Crippen LogP contribution in [-0.4, -0.2) is 30.6 Å². The molecule has 0 aromatic heterocycles. The first kappa shape index (κ1) is 22.4. The second-order valence-electron chi connectivity index (χ2n) is 7.07. The fraction of sp³-hybridized carbons (Fsp3) is 0.478. The maximum Gasteiger partial charge on any atom is 0.416 e. The zero-order valence-electron chi connectivity index (χ0n) is 17.0. The lowest BCUT2D eigenvalue weighted by Crippen LogP contribution is -2.33. The summed E-state index contributed by atoms with van der Waals surface area (Å²) in [5.74, 6) is 0. The van der Waals surface area contributed by atoms with Crippen LogP contribution in [0.25, 0.3) is 11.1 Å². The molecular weight excluding hydrogens is 361 g/mol. The van der Waals surface area contributed by atoms with Gasteiger partial charge in [0.15, 0.2) is 0 Å². The van der Waals surface area contributed by atoms with E-state index < -0.39 is 11.7 Å². The monoisotopic (exact) mass is 392 g/mol. The fourth-order valence-electron chi connectivity index (χ4n) is 3.26. The summed E-state index contributed by atoms with van der Waals surface area (Å²) in [4.78, 5) is 2.43. The average Bonchev–Trinajstić information content (AvgIpc) is 2.71. The second kappa shape index (κ2) is 10.6. The lowest BCUT2D eigenvalue weighted by Gasteiger charge is -2.23. The molecule has 0 bridgehead atoms. The molecule has 2 rings (SSSR count). The third kappa shape index (κ3) is 6.64. The number of halogens is 3. The van der Waals surface area contributed by atoms with Gasteiger partial charge in [-0.3, -0.25) is 0 Å². The fourth-order valence-corrected chi connectivity index (χ4v) is 3.26. The smallest absolute Gasteiger partial charge is 0.310 e. The van der Waals surface area contributed by atoms with Gasteiger partial charge in [-0.1, -0.05) is 57.2 Å². The number of nitrogens with zero attached hydrogens (tertiary/aromatic N) is 1. The number of rotatable bonds is 10. The third-order valence-electron chi connectivity index (χ3n) is 5.28. The summed E-state index contributed by atoms with van der Waals surface area (Å²) in [6.45, 7) is 10.6. The molecule has 2 nitrogen and oxygen atoms in total. The Hall–Kier alpha value is -1.85. The zero-order chi connectivity index (χ0) is 20.6. The zero-order valence-corrected chi connectivity index (χ0v) is 17.0. The van der Waals surface area contributed by atoms with Crippen molar-refractivity contribution in [3.8, 4) is 11.1 Å². The standard InChI is InChI=1S/C23H31F3N2/c1-4-22(15-16-28(5-2)6-3)27-17-18-7-9-19(10-8-18)20-11-13-21(14-12-20)23(24,25)26/h7-14,22,27H,4-6,15-17H2,1-3H3. The van der Waals surface area contributed by atoms with Crippen molar-refractivity contribution in [2.45, 2.75) is 52.4 Å². The quantitative estimate of drug-likeness (QED) is 0.536. The van der Waals surface area contributed by atoms with Crippen LogP contribution in [0.3, 0.4) is 0 Å². The van der Waals surface area contributed by atoms with Crippen molar-refractivity contribution in [2.75, 3.05) is 19.6 Å². The largest absolute Gasteiger partial charge is 0.416 e. The van der Waals surface area contributed by atoms with Crippen LogP contribution in [0.5, 0.6) is 0 Å². The highest BCUT2D eigenvalue weighted by Crippen LogP contribution is 2.31. The molecule has 0 aliphatic heterocycles. The van der Waals surface area contributed by atoms with Gasteiger partial charge >= 0.3 is 6.18 Å². The Bertz CT molecular complexity index is 689. The van der Waals surface area contributed by atoms with E-state index in [2.05, 4.69) is 31.0 Å². The van der Waals surface area contributed by atoms with Crippen molar-refractivity contribution in [1.29, 1.82) is 0 Å². The van der Waals surface area contributed by atoms with Crippen LogP contribution in [0.2, 0.25) is 0 Å². The molecular formula is C23H31F3N2. The molecule has 0 amide bonds. The highest BCUT2D eigenvalue weighted by molar-refractivity contribution is 5.64. The number of hydrogen-bond donors (Lipinski definition) is 1. The predicted octanol–water partition coefficient (Wildman–Crippen LogP) is 5.97. The molecule has 28 heavy (non-hydrogen) atoms. The van der Waals surface area contributed by atoms with Gasteiger partial charge in [0.25, 0.3) is 0 Å². The Morgan fingerprint density at radius 2 is 1.39 bits per heavy atom. The molecule has 0 saturated heterocycles. The first-order chi connectivity index (χ1) is 13.4. The minimum atomic E-state index is -4.30. The van der Waals surface area contributed by atoms with E-state index in [1.165, 1.54) is 17.7 Å². The van der Waals surface area contributed by atoms with Crippen molar-refractivity contribution in [2.24, 2.45) is 0 Å².